The molecule has 0 N–H and O–H groups in total. The lowest BCUT2D eigenvalue weighted by Crippen LogP contribution is -2.12. The SMILES string of the molecule is CCn1ccnc1CC(=O)CCOc1ccccc1. The lowest BCUT2D eigenvalue weighted by atomic mass is 10.2. The van der Waals surface area contributed by atoms with Gasteiger partial charge < -0.3 is 9.30 Å². The Hall–Kier alpha value is -2.10. The first-order chi connectivity index (χ1) is 9.29. The predicted octanol–water partition coefficient (Wildman–Crippen LogP) is 2.48. The molecule has 0 radical (unpaired) electrons. The molecule has 2 rings (SSSR count). The summed E-state index contributed by atoms with van der Waals surface area (Å²) in [5, 5.41) is 0. The average Bonchev–Trinajstić information content (AvgIpc) is 2.87. The van der Waals surface area contributed by atoms with Crippen molar-refractivity contribution in [3.8, 4) is 5.75 Å². The molecule has 0 saturated carbocycles. The van der Waals surface area contributed by atoms with Crippen LogP contribution in [0.4, 0.5) is 0 Å². The van der Waals surface area contributed by atoms with Crippen molar-refractivity contribution in [2.45, 2.75) is 26.3 Å². The molecule has 0 bridgehead atoms. The van der Waals surface area contributed by atoms with E-state index in [2.05, 4.69) is 4.98 Å². The zero-order chi connectivity index (χ0) is 13.5. The molecule has 19 heavy (non-hydrogen) atoms. The Labute approximate surface area is 113 Å². The molecule has 0 atom stereocenters. The molecule has 0 aliphatic carbocycles. The van der Waals surface area contributed by atoms with Crippen LogP contribution in [-0.2, 0) is 17.8 Å². The number of carbonyl (C=O) groups is 1. The third-order valence-electron chi connectivity index (χ3n) is 2.89. The molecule has 1 aromatic carbocycles. The summed E-state index contributed by atoms with van der Waals surface area (Å²) in [7, 11) is 0. The van der Waals surface area contributed by atoms with Gasteiger partial charge in [0.2, 0.25) is 0 Å². The quantitative estimate of drug-likeness (QED) is 0.766. The lowest BCUT2D eigenvalue weighted by molar-refractivity contribution is -0.119. The standard InChI is InChI=1S/C15H18N2O2/c1-2-17-10-9-16-15(17)12-13(18)8-11-19-14-6-4-3-5-7-14/h3-7,9-10H,2,8,11-12H2,1H3. The van der Waals surface area contributed by atoms with Crippen molar-refractivity contribution >= 4 is 5.78 Å². The van der Waals surface area contributed by atoms with Crippen LogP contribution in [0.25, 0.3) is 0 Å². The number of para-hydroxylation sites is 1. The van der Waals surface area contributed by atoms with Crippen molar-refractivity contribution in [2.24, 2.45) is 0 Å². The van der Waals surface area contributed by atoms with Gasteiger partial charge in [-0.15, -0.1) is 0 Å². The number of nitrogens with zero attached hydrogens (tertiary/aromatic N) is 2. The highest BCUT2D eigenvalue weighted by atomic mass is 16.5. The molecular formula is C15H18N2O2. The Balaban J connectivity index is 1.76. The molecule has 0 aliphatic rings. The minimum absolute atomic E-state index is 0.150. The average molecular weight is 258 g/mol. The monoisotopic (exact) mass is 258 g/mol. The molecule has 4 heteroatoms. The van der Waals surface area contributed by atoms with Gasteiger partial charge in [-0.05, 0) is 19.1 Å². The van der Waals surface area contributed by atoms with E-state index in [4.69, 9.17) is 4.74 Å². The third kappa shape index (κ3) is 3.95. The molecule has 0 saturated heterocycles. The number of benzene rings is 1. The van der Waals surface area contributed by atoms with Gasteiger partial charge in [-0.3, -0.25) is 4.79 Å². The summed E-state index contributed by atoms with van der Waals surface area (Å²) < 4.78 is 7.49. The first-order valence-electron chi connectivity index (χ1n) is 6.49. The summed E-state index contributed by atoms with van der Waals surface area (Å²) >= 11 is 0. The highest BCUT2D eigenvalue weighted by Crippen LogP contribution is 2.09. The molecule has 0 fully saturated rings. The Morgan fingerprint density at radius 2 is 2.11 bits per heavy atom. The fourth-order valence-electron chi connectivity index (χ4n) is 1.86. The number of Topliss-reactive ketones (excluding diaryl/α,β-unsaturated/α-hetero) is 1. The van der Waals surface area contributed by atoms with Crippen LogP contribution in [-0.4, -0.2) is 21.9 Å². The number of carbonyl (C=O) groups excluding carboxylic acids is 1. The van der Waals surface area contributed by atoms with Crippen molar-refractivity contribution < 1.29 is 9.53 Å². The normalized spacial score (nSPS) is 10.4. The second-order valence-electron chi connectivity index (χ2n) is 4.26. The first kappa shape index (κ1) is 13.3. The van der Waals surface area contributed by atoms with Gasteiger partial charge in [0.1, 0.15) is 17.4 Å². The van der Waals surface area contributed by atoms with Crippen molar-refractivity contribution in [3.05, 3.63) is 48.5 Å². The van der Waals surface area contributed by atoms with Gasteiger partial charge in [0, 0.05) is 25.4 Å². The number of aromatic nitrogens is 2. The van der Waals surface area contributed by atoms with Crippen LogP contribution in [0.1, 0.15) is 19.2 Å². The molecule has 0 aliphatic heterocycles. The number of ether oxygens (including phenoxy) is 1. The lowest BCUT2D eigenvalue weighted by Gasteiger charge is -2.06. The summed E-state index contributed by atoms with van der Waals surface area (Å²) in [6, 6.07) is 9.52. The van der Waals surface area contributed by atoms with Crippen LogP contribution in [0.2, 0.25) is 0 Å². The molecule has 0 unspecified atom stereocenters. The van der Waals surface area contributed by atoms with Crippen LogP contribution >= 0.6 is 0 Å². The molecule has 0 amide bonds. The minimum atomic E-state index is 0.150. The van der Waals surface area contributed by atoms with Gasteiger partial charge in [-0.2, -0.15) is 0 Å². The molecule has 1 aromatic heterocycles. The van der Waals surface area contributed by atoms with E-state index in [0.717, 1.165) is 18.1 Å². The van der Waals surface area contributed by atoms with Crippen LogP contribution < -0.4 is 4.74 Å². The molecule has 0 spiro atoms. The Bertz CT molecular complexity index is 520. The van der Waals surface area contributed by atoms with E-state index >= 15 is 0 Å². The number of imidazole rings is 1. The summed E-state index contributed by atoms with van der Waals surface area (Å²) in [5.41, 5.74) is 0. The van der Waals surface area contributed by atoms with Gasteiger partial charge in [-0.25, -0.2) is 4.98 Å². The van der Waals surface area contributed by atoms with Crippen LogP contribution in [0.5, 0.6) is 5.75 Å². The Morgan fingerprint density at radius 1 is 1.32 bits per heavy atom. The molecule has 4 nitrogen and oxygen atoms in total. The fourth-order valence-corrected chi connectivity index (χ4v) is 1.86. The van der Waals surface area contributed by atoms with Crippen molar-refractivity contribution in [1.82, 2.24) is 9.55 Å². The highest BCUT2D eigenvalue weighted by molar-refractivity contribution is 5.80. The first-order valence-corrected chi connectivity index (χ1v) is 6.49. The highest BCUT2D eigenvalue weighted by Gasteiger charge is 2.08. The van der Waals surface area contributed by atoms with Crippen LogP contribution in [0, 0.1) is 0 Å². The van der Waals surface area contributed by atoms with E-state index in [1.165, 1.54) is 0 Å². The zero-order valence-corrected chi connectivity index (χ0v) is 11.1. The summed E-state index contributed by atoms with van der Waals surface area (Å²) in [4.78, 5) is 16.0. The zero-order valence-electron chi connectivity index (χ0n) is 11.1. The summed E-state index contributed by atoms with van der Waals surface area (Å²) in [5.74, 6) is 1.77. The maximum absolute atomic E-state index is 11.8. The van der Waals surface area contributed by atoms with Gasteiger partial charge >= 0.3 is 0 Å². The van der Waals surface area contributed by atoms with E-state index in [9.17, 15) is 4.79 Å². The van der Waals surface area contributed by atoms with Crippen LogP contribution in [0.15, 0.2) is 42.7 Å². The number of aryl methyl sites for hydroxylation is 1. The van der Waals surface area contributed by atoms with Crippen LogP contribution in [0.3, 0.4) is 0 Å². The van der Waals surface area contributed by atoms with Crippen molar-refractivity contribution in [2.75, 3.05) is 6.61 Å². The largest absolute Gasteiger partial charge is 0.493 e. The number of hydrogen-bond donors (Lipinski definition) is 0. The molecule has 2 aromatic rings. The smallest absolute Gasteiger partial charge is 0.143 e. The van der Waals surface area contributed by atoms with Gasteiger partial charge in [0.05, 0.1) is 13.0 Å². The van der Waals surface area contributed by atoms with E-state index in [0.29, 0.717) is 19.4 Å². The second-order valence-corrected chi connectivity index (χ2v) is 4.26. The topological polar surface area (TPSA) is 44.1 Å². The summed E-state index contributed by atoms with van der Waals surface area (Å²) in [6.45, 7) is 3.28. The maximum atomic E-state index is 11.8. The predicted molar refractivity (Wildman–Crippen MR) is 73.2 cm³/mol. The van der Waals surface area contributed by atoms with Crippen molar-refractivity contribution in [1.29, 1.82) is 0 Å². The van der Waals surface area contributed by atoms with E-state index in [1.807, 2.05) is 48.0 Å². The van der Waals surface area contributed by atoms with E-state index in [-0.39, 0.29) is 5.78 Å². The molecule has 1 heterocycles. The van der Waals surface area contributed by atoms with Gasteiger partial charge in [0.25, 0.3) is 0 Å². The number of hydrogen-bond acceptors (Lipinski definition) is 3. The fraction of sp³-hybridized carbons (Fsp3) is 0.333. The number of ketones is 1. The number of rotatable bonds is 7. The van der Waals surface area contributed by atoms with E-state index < -0.39 is 0 Å². The van der Waals surface area contributed by atoms with Gasteiger partial charge in [-0.1, -0.05) is 18.2 Å². The van der Waals surface area contributed by atoms with Crippen molar-refractivity contribution in [3.63, 3.8) is 0 Å². The minimum Gasteiger partial charge on any atom is -0.493 e. The Kier molecular flexibility index (Phi) is 4.72. The molecular weight excluding hydrogens is 240 g/mol. The second kappa shape index (κ2) is 6.73. The summed E-state index contributed by atoms with van der Waals surface area (Å²) in [6.07, 6.45) is 4.40. The van der Waals surface area contributed by atoms with E-state index in [1.54, 1.807) is 6.20 Å². The van der Waals surface area contributed by atoms with Gasteiger partial charge in [0.15, 0.2) is 0 Å². The third-order valence-corrected chi connectivity index (χ3v) is 2.89. The Morgan fingerprint density at radius 3 is 2.84 bits per heavy atom. The maximum Gasteiger partial charge on any atom is 0.143 e. The molecule has 100 valence electrons.